The summed E-state index contributed by atoms with van der Waals surface area (Å²) in [4.78, 5) is 24.2. The van der Waals surface area contributed by atoms with Crippen molar-refractivity contribution in [2.75, 3.05) is 26.9 Å². The second kappa shape index (κ2) is 12.0. The largest absolute Gasteiger partial charge is 0.490 e. The van der Waals surface area contributed by atoms with Gasteiger partial charge in [0.25, 0.3) is 0 Å². The quantitative estimate of drug-likeness (QED) is 0.126. The number of benzene rings is 2. The van der Waals surface area contributed by atoms with E-state index in [0.717, 1.165) is 38.4 Å². The Bertz CT molecular complexity index is 2190. The van der Waals surface area contributed by atoms with Crippen LogP contribution in [0.5, 0.6) is 5.75 Å². The van der Waals surface area contributed by atoms with Crippen molar-refractivity contribution in [3.63, 3.8) is 0 Å². The third-order valence-corrected chi connectivity index (χ3v) is 9.59. The molecule has 2 atom stereocenters. The fourth-order valence-corrected chi connectivity index (χ4v) is 7.29. The predicted molar refractivity (Wildman–Crippen MR) is 178 cm³/mol. The van der Waals surface area contributed by atoms with Gasteiger partial charge in [-0.05, 0) is 49.6 Å². The van der Waals surface area contributed by atoms with Gasteiger partial charge < -0.3 is 18.9 Å². The number of amides is 1. The van der Waals surface area contributed by atoms with Gasteiger partial charge in [-0.3, -0.25) is 9.48 Å². The minimum atomic E-state index is -0.785. The minimum Gasteiger partial charge on any atom is -0.490 e. The number of nitrogens with zero attached hydrogens (tertiary/aromatic N) is 6. The van der Waals surface area contributed by atoms with Crippen LogP contribution >= 0.6 is 11.3 Å². The molecule has 1 aliphatic heterocycles. The van der Waals surface area contributed by atoms with Gasteiger partial charge in [0.15, 0.2) is 0 Å². The first kappa shape index (κ1) is 30.7. The zero-order chi connectivity index (χ0) is 33.0. The number of ether oxygens (including phenoxy) is 2. The molecule has 9 nitrogen and oxygen atoms in total. The Labute approximate surface area is 273 Å². The number of fused-ring (bicyclic) bond motifs is 3. The lowest BCUT2D eigenvalue weighted by Gasteiger charge is -2.36. The molecule has 1 amide bonds. The van der Waals surface area contributed by atoms with Crippen LogP contribution in [-0.2, 0) is 16.6 Å². The molecular weight excluding hydrogens is 622 g/mol. The number of aryl methyl sites for hydroxylation is 1. The van der Waals surface area contributed by atoms with E-state index in [1.165, 1.54) is 30.6 Å². The summed E-state index contributed by atoms with van der Waals surface area (Å²) in [5.41, 5.74) is 5.55. The van der Waals surface area contributed by atoms with Crippen LogP contribution in [0.3, 0.4) is 0 Å². The summed E-state index contributed by atoms with van der Waals surface area (Å²) in [6.07, 6.45) is 3.08. The highest BCUT2D eigenvalue weighted by Gasteiger charge is 2.34. The minimum absolute atomic E-state index is 0.0369. The Morgan fingerprint density at radius 2 is 1.94 bits per heavy atom. The van der Waals surface area contributed by atoms with E-state index >= 15 is 4.39 Å². The van der Waals surface area contributed by atoms with E-state index in [1.807, 2.05) is 65.9 Å². The molecule has 1 aliphatic rings. The molecule has 47 heavy (non-hydrogen) atoms. The van der Waals surface area contributed by atoms with Crippen molar-refractivity contribution >= 4 is 38.4 Å². The molecular formula is C35H32F2N6O3S. The average Bonchev–Trinajstić information content (AvgIpc) is 3.81. The van der Waals surface area contributed by atoms with Crippen molar-refractivity contribution in [3.05, 3.63) is 84.2 Å². The molecule has 2 aromatic carbocycles. The van der Waals surface area contributed by atoms with Gasteiger partial charge in [0.1, 0.15) is 35.4 Å². The molecule has 240 valence electrons. The van der Waals surface area contributed by atoms with Crippen LogP contribution in [0, 0.1) is 11.6 Å². The standard InChI is InChI=1S/C35H32F2N6O3S/c1-6-30(44)42-17-19(2)43-27(20(42)3)16-26(40-43)34-32(31-24(37)14-22(36)15-29(31)46-11-10-45-5)35-23(9-12-47-35)33(39-34)21-7-8-25-28(13-21)41(4)18-38-25/h6-9,12-16,18-20H,1,10-11,17H2,2-5H3. The fourth-order valence-electron chi connectivity index (χ4n) is 6.34. The Kier molecular flexibility index (Phi) is 7.85. The van der Waals surface area contributed by atoms with Crippen LogP contribution in [0.2, 0.25) is 0 Å². The molecule has 0 bridgehead atoms. The van der Waals surface area contributed by atoms with Gasteiger partial charge in [-0.2, -0.15) is 5.10 Å². The van der Waals surface area contributed by atoms with Crippen molar-refractivity contribution in [2.45, 2.75) is 25.9 Å². The summed E-state index contributed by atoms with van der Waals surface area (Å²) in [6, 6.07) is 11.4. The fraction of sp³-hybridized carbons (Fsp3) is 0.257. The molecule has 5 heterocycles. The molecule has 0 saturated carbocycles. The molecule has 4 aromatic heterocycles. The first-order valence-electron chi connectivity index (χ1n) is 15.2. The molecule has 0 spiro atoms. The summed E-state index contributed by atoms with van der Waals surface area (Å²) in [5, 5.41) is 7.75. The van der Waals surface area contributed by atoms with Crippen LogP contribution in [0.4, 0.5) is 8.78 Å². The maximum Gasteiger partial charge on any atom is 0.246 e. The summed E-state index contributed by atoms with van der Waals surface area (Å²) in [7, 11) is 3.46. The number of rotatable bonds is 8. The number of thiophene rings is 1. The average molecular weight is 655 g/mol. The second-order valence-electron chi connectivity index (χ2n) is 11.6. The zero-order valence-corrected chi connectivity index (χ0v) is 27.1. The highest BCUT2D eigenvalue weighted by Crippen LogP contribution is 2.48. The Morgan fingerprint density at radius 3 is 2.72 bits per heavy atom. The lowest BCUT2D eigenvalue weighted by Crippen LogP contribution is -2.42. The number of carbonyl (C=O) groups is 1. The maximum absolute atomic E-state index is 16.1. The van der Waals surface area contributed by atoms with Crippen LogP contribution in [-0.4, -0.2) is 62.0 Å². The van der Waals surface area contributed by atoms with E-state index in [9.17, 15) is 9.18 Å². The Balaban J connectivity index is 1.52. The van der Waals surface area contributed by atoms with Crippen molar-refractivity contribution < 1.29 is 23.0 Å². The smallest absolute Gasteiger partial charge is 0.246 e. The number of aromatic nitrogens is 5. The maximum atomic E-state index is 16.1. The molecule has 0 N–H and O–H groups in total. The van der Waals surface area contributed by atoms with Gasteiger partial charge in [0, 0.05) is 54.0 Å². The third-order valence-electron chi connectivity index (χ3n) is 8.66. The summed E-state index contributed by atoms with van der Waals surface area (Å²) in [5.74, 6) is -1.68. The summed E-state index contributed by atoms with van der Waals surface area (Å²) in [6.45, 7) is 8.37. The van der Waals surface area contributed by atoms with Crippen molar-refractivity contribution in [1.82, 2.24) is 29.2 Å². The topological polar surface area (TPSA) is 87.3 Å². The van der Waals surface area contributed by atoms with E-state index in [4.69, 9.17) is 19.6 Å². The Morgan fingerprint density at radius 1 is 1.11 bits per heavy atom. The van der Waals surface area contributed by atoms with Gasteiger partial charge in [0.2, 0.25) is 5.91 Å². The number of imidazole rings is 1. The monoisotopic (exact) mass is 654 g/mol. The van der Waals surface area contributed by atoms with E-state index in [2.05, 4.69) is 11.6 Å². The predicted octanol–water partition coefficient (Wildman–Crippen LogP) is 7.33. The molecule has 0 aliphatic carbocycles. The molecule has 0 fully saturated rings. The van der Waals surface area contributed by atoms with Gasteiger partial charge in [-0.1, -0.05) is 12.6 Å². The van der Waals surface area contributed by atoms with Crippen LogP contribution in [0.1, 0.15) is 31.6 Å². The third kappa shape index (κ3) is 5.17. The Hall–Kier alpha value is -4.94. The molecule has 2 unspecified atom stereocenters. The van der Waals surface area contributed by atoms with Crippen LogP contribution in [0.15, 0.2) is 66.8 Å². The number of pyridine rings is 1. The van der Waals surface area contributed by atoms with Crippen molar-refractivity contribution in [3.8, 4) is 39.5 Å². The normalized spacial score (nSPS) is 16.2. The van der Waals surface area contributed by atoms with Gasteiger partial charge >= 0.3 is 0 Å². The summed E-state index contributed by atoms with van der Waals surface area (Å²) >= 11 is 1.43. The molecule has 12 heteroatoms. The molecule has 6 aromatic rings. The van der Waals surface area contributed by atoms with Gasteiger partial charge in [-0.15, -0.1) is 11.3 Å². The molecule has 7 rings (SSSR count). The van der Waals surface area contributed by atoms with Gasteiger partial charge in [0.05, 0.1) is 53.0 Å². The SMILES string of the molecule is C=CC(=O)N1CC(C)n2nc(-c3nc(-c4ccc5ncn(C)c5c4)c4ccsc4c3-c3c(F)cc(F)cc3OCCOC)cc2C1C. The number of hydrogen-bond acceptors (Lipinski definition) is 7. The highest BCUT2D eigenvalue weighted by atomic mass is 32.1. The first-order valence-corrected chi connectivity index (χ1v) is 16.0. The highest BCUT2D eigenvalue weighted by molar-refractivity contribution is 7.18. The number of halogens is 2. The molecule has 0 saturated heterocycles. The van der Waals surface area contributed by atoms with Crippen LogP contribution in [0.25, 0.3) is 54.9 Å². The lowest BCUT2D eigenvalue weighted by atomic mass is 9.96. The lowest BCUT2D eigenvalue weighted by molar-refractivity contribution is -0.129. The number of methoxy groups -OCH3 is 1. The second-order valence-corrected chi connectivity index (χ2v) is 12.5. The zero-order valence-electron chi connectivity index (χ0n) is 26.3. The number of hydrogen-bond donors (Lipinski definition) is 0. The number of carbonyl (C=O) groups excluding carboxylic acids is 1. The van der Waals surface area contributed by atoms with E-state index in [-0.39, 0.29) is 42.5 Å². The van der Waals surface area contributed by atoms with Crippen molar-refractivity contribution in [1.29, 1.82) is 0 Å². The van der Waals surface area contributed by atoms with E-state index in [1.54, 1.807) is 11.2 Å². The van der Waals surface area contributed by atoms with Crippen LogP contribution < -0.4 is 4.74 Å². The first-order chi connectivity index (χ1) is 22.7. The van der Waals surface area contributed by atoms with E-state index in [0.29, 0.717) is 29.2 Å². The van der Waals surface area contributed by atoms with Crippen molar-refractivity contribution in [2.24, 2.45) is 7.05 Å². The summed E-state index contributed by atoms with van der Waals surface area (Å²) < 4.78 is 46.4. The van der Waals surface area contributed by atoms with Gasteiger partial charge in [-0.25, -0.2) is 18.7 Å². The van der Waals surface area contributed by atoms with E-state index < -0.39 is 11.6 Å². The molecule has 0 radical (unpaired) electrons.